The fraction of sp³-hybridized carbons (Fsp3) is 0.188. The van der Waals surface area contributed by atoms with Crippen LogP contribution in [0.4, 0.5) is 11.4 Å². The number of anilines is 2. The van der Waals surface area contributed by atoms with E-state index in [0.29, 0.717) is 12.2 Å². The number of ether oxygens (including phenoxy) is 1. The second kappa shape index (κ2) is 4.66. The number of benzene rings is 2. The highest BCUT2D eigenvalue weighted by atomic mass is 16.5. The van der Waals surface area contributed by atoms with Crippen LogP contribution in [0.3, 0.4) is 0 Å². The Balaban J connectivity index is 2.12. The fourth-order valence-corrected chi connectivity index (χ4v) is 2.39. The molecule has 0 N–H and O–H groups in total. The molecule has 3 rings (SSSR count). The third-order valence-electron chi connectivity index (χ3n) is 3.29. The molecule has 1 heterocycles. The minimum absolute atomic E-state index is 0.635. The molecular formula is C16H14N2O. The number of aryl methyl sites for hydroxylation is 1. The lowest BCUT2D eigenvalue weighted by atomic mass is 10.1. The second-order valence-corrected chi connectivity index (χ2v) is 4.60. The topological polar surface area (TPSA) is 36.3 Å². The zero-order chi connectivity index (χ0) is 13.2. The summed E-state index contributed by atoms with van der Waals surface area (Å²) >= 11 is 0. The Morgan fingerprint density at radius 1 is 1.16 bits per heavy atom. The van der Waals surface area contributed by atoms with Crippen molar-refractivity contribution in [2.75, 3.05) is 18.1 Å². The van der Waals surface area contributed by atoms with Gasteiger partial charge in [-0.1, -0.05) is 18.2 Å². The molecule has 0 saturated heterocycles. The summed E-state index contributed by atoms with van der Waals surface area (Å²) < 4.78 is 5.65. The van der Waals surface area contributed by atoms with Crippen molar-refractivity contribution in [3.63, 3.8) is 0 Å². The van der Waals surface area contributed by atoms with Crippen LogP contribution < -0.4 is 9.64 Å². The molecule has 2 aromatic rings. The molecule has 0 amide bonds. The van der Waals surface area contributed by atoms with Crippen molar-refractivity contribution in [1.29, 1.82) is 5.26 Å². The monoisotopic (exact) mass is 250 g/mol. The number of nitrogens with zero attached hydrogens (tertiary/aromatic N) is 2. The predicted octanol–water partition coefficient (Wildman–Crippen LogP) is 3.40. The van der Waals surface area contributed by atoms with Gasteiger partial charge in [0.25, 0.3) is 0 Å². The summed E-state index contributed by atoms with van der Waals surface area (Å²) in [6.45, 7) is 3.39. The van der Waals surface area contributed by atoms with E-state index in [-0.39, 0.29) is 0 Å². The molecule has 0 aromatic heterocycles. The van der Waals surface area contributed by atoms with E-state index in [1.54, 1.807) is 0 Å². The first-order chi connectivity index (χ1) is 9.29. The average molecular weight is 250 g/mol. The van der Waals surface area contributed by atoms with Crippen LogP contribution in [-0.2, 0) is 0 Å². The third-order valence-corrected chi connectivity index (χ3v) is 3.29. The van der Waals surface area contributed by atoms with Gasteiger partial charge < -0.3 is 9.64 Å². The van der Waals surface area contributed by atoms with Crippen LogP contribution in [0, 0.1) is 18.3 Å². The van der Waals surface area contributed by atoms with Gasteiger partial charge in [-0.3, -0.25) is 0 Å². The Bertz CT molecular complexity index is 658. The summed E-state index contributed by atoms with van der Waals surface area (Å²) in [5, 5.41) is 9.31. The molecule has 1 aliphatic rings. The van der Waals surface area contributed by atoms with E-state index in [0.717, 1.165) is 29.2 Å². The highest BCUT2D eigenvalue weighted by Crippen LogP contribution is 2.37. The normalized spacial score (nSPS) is 13.4. The van der Waals surface area contributed by atoms with E-state index in [1.807, 2.05) is 49.4 Å². The molecule has 19 heavy (non-hydrogen) atoms. The van der Waals surface area contributed by atoms with Crippen molar-refractivity contribution >= 4 is 11.4 Å². The smallest absolute Gasteiger partial charge is 0.143 e. The Hall–Kier alpha value is -2.47. The largest absolute Gasteiger partial charge is 0.490 e. The number of nitriles is 1. The Morgan fingerprint density at radius 3 is 2.84 bits per heavy atom. The van der Waals surface area contributed by atoms with E-state index in [9.17, 15) is 5.26 Å². The molecule has 0 aliphatic carbocycles. The number of fused-ring (bicyclic) bond motifs is 1. The molecule has 0 saturated carbocycles. The van der Waals surface area contributed by atoms with Gasteiger partial charge in [-0.15, -0.1) is 0 Å². The van der Waals surface area contributed by atoms with Gasteiger partial charge >= 0.3 is 0 Å². The van der Waals surface area contributed by atoms with E-state index >= 15 is 0 Å². The molecule has 0 unspecified atom stereocenters. The van der Waals surface area contributed by atoms with Gasteiger partial charge in [0.15, 0.2) is 0 Å². The average Bonchev–Trinajstić information content (AvgIpc) is 2.46. The number of rotatable bonds is 1. The molecule has 0 radical (unpaired) electrons. The lowest BCUT2D eigenvalue weighted by Gasteiger charge is -2.31. The van der Waals surface area contributed by atoms with Crippen LogP contribution in [0.25, 0.3) is 0 Å². The zero-order valence-corrected chi connectivity index (χ0v) is 10.8. The molecule has 1 aliphatic heterocycles. The van der Waals surface area contributed by atoms with E-state index in [2.05, 4.69) is 11.0 Å². The highest BCUT2D eigenvalue weighted by molar-refractivity contribution is 5.74. The summed E-state index contributed by atoms with van der Waals surface area (Å²) in [6, 6.07) is 16.2. The van der Waals surface area contributed by atoms with Crippen molar-refractivity contribution in [1.82, 2.24) is 0 Å². The first kappa shape index (κ1) is 11.6. The number of para-hydroxylation sites is 2. The molecule has 0 atom stereocenters. The number of hydrogen-bond acceptors (Lipinski definition) is 3. The van der Waals surface area contributed by atoms with Gasteiger partial charge in [-0.2, -0.15) is 5.26 Å². The van der Waals surface area contributed by atoms with Crippen molar-refractivity contribution in [2.45, 2.75) is 6.92 Å². The first-order valence-corrected chi connectivity index (χ1v) is 6.30. The third kappa shape index (κ3) is 2.02. The van der Waals surface area contributed by atoms with Crippen LogP contribution in [-0.4, -0.2) is 13.2 Å². The molecule has 3 heteroatoms. The Kier molecular flexibility index (Phi) is 2.85. The fourth-order valence-electron chi connectivity index (χ4n) is 2.39. The van der Waals surface area contributed by atoms with Crippen molar-refractivity contribution < 1.29 is 4.74 Å². The summed E-state index contributed by atoms with van der Waals surface area (Å²) in [4.78, 5) is 2.15. The van der Waals surface area contributed by atoms with E-state index in [4.69, 9.17) is 4.74 Å². The van der Waals surface area contributed by atoms with Crippen LogP contribution in [0.15, 0.2) is 42.5 Å². The van der Waals surface area contributed by atoms with E-state index < -0.39 is 0 Å². The molecule has 0 spiro atoms. The van der Waals surface area contributed by atoms with Crippen LogP contribution in [0.5, 0.6) is 5.75 Å². The molecule has 0 bridgehead atoms. The lowest BCUT2D eigenvalue weighted by Crippen LogP contribution is -2.29. The highest BCUT2D eigenvalue weighted by Gasteiger charge is 2.20. The van der Waals surface area contributed by atoms with E-state index in [1.165, 1.54) is 0 Å². The van der Waals surface area contributed by atoms with Crippen molar-refractivity contribution in [2.24, 2.45) is 0 Å². The molecule has 94 valence electrons. The van der Waals surface area contributed by atoms with Crippen molar-refractivity contribution in [3.8, 4) is 11.8 Å². The minimum Gasteiger partial charge on any atom is -0.490 e. The van der Waals surface area contributed by atoms with Crippen LogP contribution in [0.1, 0.15) is 11.1 Å². The quantitative estimate of drug-likeness (QED) is 0.778. The maximum atomic E-state index is 9.31. The molecule has 2 aromatic carbocycles. The van der Waals surface area contributed by atoms with Gasteiger partial charge in [-0.05, 0) is 36.8 Å². The second-order valence-electron chi connectivity index (χ2n) is 4.60. The predicted molar refractivity (Wildman–Crippen MR) is 74.8 cm³/mol. The van der Waals surface area contributed by atoms with Crippen LogP contribution in [0.2, 0.25) is 0 Å². The summed E-state index contributed by atoms with van der Waals surface area (Å²) in [6.07, 6.45) is 0. The summed E-state index contributed by atoms with van der Waals surface area (Å²) in [5.74, 6) is 0.873. The number of hydrogen-bond donors (Lipinski definition) is 0. The van der Waals surface area contributed by atoms with Gasteiger partial charge in [0.2, 0.25) is 0 Å². The maximum absolute atomic E-state index is 9.31. The summed E-state index contributed by atoms with van der Waals surface area (Å²) in [7, 11) is 0. The Morgan fingerprint density at radius 2 is 2.00 bits per heavy atom. The molecular weight excluding hydrogens is 236 g/mol. The molecule has 0 fully saturated rings. The van der Waals surface area contributed by atoms with Gasteiger partial charge in [0.1, 0.15) is 18.4 Å². The zero-order valence-electron chi connectivity index (χ0n) is 10.8. The van der Waals surface area contributed by atoms with Crippen LogP contribution >= 0.6 is 0 Å². The minimum atomic E-state index is 0.635. The lowest BCUT2D eigenvalue weighted by molar-refractivity contribution is 0.314. The SMILES string of the molecule is Cc1ccc(N2CCOc3ccccc32)c(C#N)c1. The van der Waals surface area contributed by atoms with Gasteiger partial charge in [0, 0.05) is 0 Å². The van der Waals surface area contributed by atoms with Gasteiger partial charge in [-0.25, -0.2) is 0 Å². The maximum Gasteiger partial charge on any atom is 0.143 e. The summed E-state index contributed by atoms with van der Waals surface area (Å²) in [5.41, 5.74) is 3.77. The van der Waals surface area contributed by atoms with Crippen molar-refractivity contribution in [3.05, 3.63) is 53.6 Å². The van der Waals surface area contributed by atoms with Gasteiger partial charge in [0.05, 0.1) is 23.5 Å². The molecule has 3 nitrogen and oxygen atoms in total. The first-order valence-electron chi connectivity index (χ1n) is 6.30. The standard InChI is InChI=1S/C16H14N2O/c1-12-6-7-14(13(10-12)11-17)18-8-9-19-16-5-3-2-4-15(16)18/h2-7,10H,8-9H2,1H3. The Labute approximate surface area is 112 Å².